The van der Waals surface area contributed by atoms with Crippen LogP contribution in [0.4, 0.5) is 0 Å². The minimum absolute atomic E-state index is 0.293. The van der Waals surface area contributed by atoms with Crippen molar-refractivity contribution in [3.05, 3.63) is 54.1 Å². The van der Waals surface area contributed by atoms with Crippen molar-refractivity contribution in [3.63, 3.8) is 0 Å². The molecule has 24 heavy (non-hydrogen) atoms. The number of ether oxygens (including phenoxy) is 3. The van der Waals surface area contributed by atoms with Crippen molar-refractivity contribution in [3.8, 4) is 17.2 Å². The first kappa shape index (κ1) is 17.5. The molecule has 0 saturated carbocycles. The molecule has 2 aromatic carbocycles. The number of carbonyl (C=O) groups excluding carboxylic acids is 2. The molecule has 0 heterocycles. The molecule has 0 aromatic heterocycles. The van der Waals surface area contributed by atoms with E-state index >= 15 is 0 Å². The molecule has 0 fully saturated rings. The molecular formula is C19H20O5. The largest absolute Gasteiger partial charge is 0.494 e. The maximum atomic E-state index is 12.1. The highest BCUT2D eigenvalue weighted by Gasteiger charge is 2.10. The zero-order valence-corrected chi connectivity index (χ0v) is 13.8. The Morgan fingerprint density at radius 3 is 1.92 bits per heavy atom. The monoisotopic (exact) mass is 328 g/mol. The van der Waals surface area contributed by atoms with Crippen molar-refractivity contribution in [2.24, 2.45) is 0 Å². The average Bonchev–Trinajstić information content (AvgIpc) is 2.61. The summed E-state index contributed by atoms with van der Waals surface area (Å²) < 4.78 is 15.8. The van der Waals surface area contributed by atoms with Gasteiger partial charge in [0.05, 0.1) is 12.2 Å². The van der Waals surface area contributed by atoms with Crippen molar-refractivity contribution in [1.29, 1.82) is 0 Å². The summed E-state index contributed by atoms with van der Waals surface area (Å²) in [5.74, 6) is 0.765. The van der Waals surface area contributed by atoms with E-state index in [0.29, 0.717) is 30.1 Å². The standard InChI is InChI=1S/C19H20O5/c1-3-13-22-15-9-11-17(12-10-15)24-19(21)14-5-7-16(8-6-14)23-18(20)4-2/h5-12H,3-4,13H2,1-2H3. The molecule has 0 bridgehead atoms. The molecule has 5 heteroatoms. The molecule has 0 aliphatic carbocycles. The first-order valence-corrected chi connectivity index (χ1v) is 7.88. The Bertz CT molecular complexity index is 674. The number of esters is 2. The summed E-state index contributed by atoms with van der Waals surface area (Å²) in [7, 11) is 0. The molecule has 0 aliphatic heterocycles. The SMILES string of the molecule is CCCOc1ccc(OC(=O)c2ccc(OC(=O)CC)cc2)cc1. The average molecular weight is 328 g/mol. The van der Waals surface area contributed by atoms with E-state index < -0.39 is 5.97 Å². The number of hydrogen-bond acceptors (Lipinski definition) is 5. The number of hydrogen-bond donors (Lipinski definition) is 0. The summed E-state index contributed by atoms with van der Waals surface area (Å²) in [6.45, 7) is 4.39. The van der Waals surface area contributed by atoms with Crippen LogP contribution in [0.25, 0.3) is 0 Å². The predicted octanol–water partition coefficient (Wildman–Crippen LogP) is 4.01. The molecule has 2 rings (SSSR count). The summed E-state index contributed by atoms with van der Waals surface area (Å²) in [5.41, 5.74) is 0.373. The van der Waals surface area contributed by atoms with E-state index in [9.17, 15) is 9.59 Å². The van der Waals surface area contributed by atoms with E-state index in [1.54, 1.807) is 55.5 Å². The van der Waals surface area contributed by atoms with Crippen LogP contribution in [0, 0.1) is 0 Å². The van der Waals surface area contributed by atoms with Crippen molar-refractivity contribution in [2.45, 2.75) is 26.7 Å². The lowest BCUT2D eigenvalue weighted by Gasteiger charge is -2.07. The van der Waals surface area contributed by atoms with Gasteiger partial charge in [0.25, 0.3) is 0 Å². The van der Waals surface area contributed by atoms with Crippen molar-refractivity contribution < 1.29 is 23.8 Å². The van der Waals surface area contributed by atoms with Gasteiger partial charge in [-0.05, 0) is 55.0 Å². The first-order chi connectivity index (χ1) is 11.6. The second-order valence-electron chi connectivity index (χ2n) is 5.06. The Morgan fingerprint density at radius 2 is 1.33 bits per heavy atom. The lowest BCUT2D eigenvalue weighted by molar-refractivity contribution is -0.134. The van der Waals surface area contributed by atoms with Gasteiger partial charge in [0.15, 0.2) is 0 Å². The molecule has 126 valence electrons. The van der Waals surface area contributed by atoms with Crippen LogP contribution >= 0.6 is 0 Å². The predicted molar refractivity (Wildman–Crippen MR) is 89.6 cm³/mol. The number of benzene rings is 2. The highest BCUT2D eigenvalue weighted by molar-refractivity contribution is 5.91. The number of rotatable bonds is 7. The molecule has 0 radical (unpaired) electrons. The minimum atomic E-state index is -0.481. The van der Waals surface area contributed by atoms with Crippen molar-refractivity contribution >= 4 is 11.9 Å². The Labute approximate surface area is 141 Å². The maximum absolute atomic E-state index is 12.1. The van der Waals surface area contributed by atoms with E-state index in [1.165, 1.54) is 0 Å². The van der Waals surface area contributed by atoms with Crippen LogP contribution in [0.2, 0.25) is 0 Å². The van der Waals surface area contributed by atoms with Crippen LogP contribution in [0.1, 0.15) is 37.0 Å². The highest BCUT2D eigenvalue weighted by atomic mass is 16.5. The minimum Gasteiger partial charge on any atom is -0.494 e. The topological polar surface area (TPSA) is 61.8 Å². The fraction of sp³-hybridized carbons (Fsp3) is 0.263. The molecule has 2 aromatic rings. The van der Waals surface area contributed by atoms with E-state index in [4.69, 9.17) is 14.2 Å². The van der Waals surface area contributed by atoms with Crippen LogP contribution in [-0.4, -0.2) is 18.5 Å². The van der Waals surface area contributed by atoms with Gasteiger partial charge in [0.1, 0.15) is 17.2 Å². The fourth-order valence-electron chi connectivity index (χ4n) is 1.85. The Balaban J connectivity index is 1.95. The lowest BCUT2D eigenvalue weighted by atomic mass is 10.2. The quantitative estimate of drug-likeness (QED) is 0.567. The molecule has 0 atom stereocenters. The Hall–Kier alpha value is -2.82. The molecule has 0 aliphatic rings. The summed E-state index contributed by atoms with van der Waals surface area (Å²) in [5, 5.41) is 0. The first-order valence-electron chi connectivity index (χ1n) is 7.88. The zero-order chi connectivity index (χ0) is 17.4. The third-order valence-electron chi connectivity index (χ3n) is 3.12. The second kappa shape index (κ2) is 8.72. The lowest BCUT2D eigenvalue weighted by Crippen LogP contribution is -2.09. The van der Waals surface area contributed by atoms with Gasteiger partial charge in [-0.3, -0.25) is 4.79 Å². The fourth-order valence-corrected chi connectivity index (χ4v) is 1.85. The Morgan fingerprint density at radius 1 is 0.792 bits per heavy atom. The van der Waals surface area contributed by atoms with Crippen LogP contribution in [0.15, 0.2) is 48.5 Å². The highest BCUT2D eigenvalue weighted by Crippen LogP contribution is 2.20. The van der Waals surface area contributed by atoms with Gasteiger partial charge in [-0.25, -0.2) is 4.79 Å². The van der Waals surface area contributed by atoms with E-state index in [-0.39, 0.29) is 5.97 Å². The second-order valence-corrected chi connectivity index (χ2v) is 5.06. The van der Waals surface area contributed by atoms with Gasteiger partial charge >= 0.3 is 11.9 Å². The van der Waals surface area contributed by atoms with E-state index in [0.717, 1.165) is 12.2 Å². The summed E-state index contributed by atoms with van der Waals surface area (Å²) >= 11 is 0. The maximum Gasteiger partial charge on any atom is 0.343 e. The summed E-state index contributed by atoms with van der Waals surface area (Å²) in [4.78, 5) is 23.3. The van der Waals surface area contributed by atoms with Crippen LogP contribution in [0.3, 0.4) is 0 Å². The molecule has 0 amide bonds. The zero-order valence-electron chi connectivity index (χ0n) is 13.8. The van der Waals surface area contributed by atoms with Gasteiger partial charge in [0, 0.05) is 6.42 Å². The van der Waals surface area contributed by atoms with Crippen molar-refractivity contribution in [2.75, 3.05) is 6.61 Å². The molecule has 0 unspecified atom stereocenters. The van der Waals surface area contributed by atoms with Crippen LogP contribution in [-0.2, 0) is 4.79 Å². The third-order valence-corrected chi connectivity index (χ3v) is 3.12. The van der Waals surface area contributed by atoms with Gasteiger partial charge in [-0.15, -0.1) is 0 Å². The normalized spacial score (nSPS) is 10.1. The van der Waals surface area contributed by atoms with Crippen LogP contribution in [0.5, 0.6) is 17.2 Å². The molecular weight excluding hydrogens is 308 g/mol. The van der Waals surface area contributed by atoms with Gasteiger partial charge in [0.2, 0.25) is 0 Å². The number of carbonyl (C=O) groups is 2. The molecule has 0 N–H and O–H groups in total. The van der Waals surface area contributed by atoms with Crippen molar-refractivity contribution in [1.82, 2.24) is 0 Å². The van der Waals surface area contributed by atoms with E-state index in [2.05, 4.69) is 0 Å². The Kier molecular flexibility index (Phi) is 6.37. The molecule has 5 nitrogen and oxygen atoms in total. The molecule has 0 spiro atoms. The smallest absolute Gasteiger partial charge is 0.343 e. The van der Waals surface area contributed by atoms with Crippen LogP contribution < -0.4 is 14.2 Å². The van der Waals surface area contributed by atoms with Gasteiger partial charge in [-0.2, -0.15) is 0 Å². The van der Waals surface area contributed by atoms with Gasteiger partial charge < -0.3 is 14.2 Å². The van der Waals surface area contributed by atoms with E-state index in [1.807, 2.05) is 6.92 Å². The summed E-state index contributed by atoms with van der Waals surface area (Å²) in [6.07, 6.45) is 1.22. The summed E-state index contributed by atoms with van der Waals surface area (Å²) in [6, 6.07) is 13.1. The van der Waals surface area contributed by atoms with Gasteiger partial charge in [-0.1, -0.05) is 13.8 Å². The third kappa shape index (κ3) is 5.12. The molecule has 0 saturated heterocycles.